The lowest BCUT2D eigenvalue weighted by Crippen LogP contribution is -2.44. The molecule has 1 aromatic rings. The number of carboxylic acid groups (broad SMARTS) is 1. The molecule has 0 aliphatic carbocycles. The third-order valence-corrected chi connectivity index (χ3v) is 3.75. The van der Waals surface area contributed by atoms with E-state index in [4.69, 9.17) is 0 Å². The van der Waals surface area contributed by atoms with Crippen LogP contribution in [0.15, 0.2) is 18.2 Å². The summed E-state index contributed by atoms with van der Waals surface area (Å²) >= 11 is 0. The number of rotatable bonds is 3. The van der Waals surface area contributed by atoms with Gasteiger partial charge in [-0.05, 0) is 24.3 Å². The number of nitrogens with zero attached hydrogens (tertiary/aromatic N) is 1. The van der Waals surface area contributed by atoms with E-state index in [1.165, 1.54) is 6.07 Å². The van der Waals surface area contributed by atoms with Crippen LogP contribution in [0.1, 0.15) is 31.9 Å². The number of aliphatic carboxylic acids is 1. The molecule has 0 spiro atoms. The molecule has 0 aromatic heterocycles. The molecule has 1 fully saturated rings. The first-order valence-electron chi connectivity index (χ1n) is 6.80. The molecule has 1 N–H and O–H groups in total. The van der Waals surface area contributed by atoms with Gasteiger partial charge in [0.05, 0.1) is 0 Å². The monoisotopic (exact) mass is 283 g/mol. The first-order valence-corrected chi connectivity index (χ1v) is 6.80. The van der Waals surface area contributed by atoms with E-state index in [0.29, 0.717) is 24.9 Å². The molecule has 3 unspecified atom stereocenters. The number of benzene rings is 1. The van der Waals surface area contributed by atoms with Crippen molar-refractivity contribution in [3.8, 4) is 0 Å². The lowest BCUT2D eigenvalue weighted by atomic mass is 9.89. The van der Waals surface area contributed by atoms with Gasteiger partial charge in [0.2, 0.25) is 0 Å². The lowest BCUT2D eigenvalue weighted by Gasteiger charge is -2.38. The van der Waals surface area contributed by atoms with Crippen LogP contribution >= 0.6 is 0 Å². The molecule has 5 heteroatoms. The van der Waals surface area contributed by atoms with Crippen LogP contribution in [-0.2, 0) is 4.79 Å². The first-order chi connectivity index (χ1) is 9.38. The minimum Gasteiger partial charge on any atom is -0.480 e. The van der Waals surface area contributed by atoms with Gasteiger partial charge >= 0.3 is 5.97 Å². The number of halogens is 2. The average molecular weight is 283 g/mol. The summed E-state index contributed by atoms with van der Waals surface area (Å²) in [4.78, 5) is 13.3. The highest BCUT2D eigenvalue weighted by Crippen LogP contribution is 2.31. The number of carboxylic acids is 1. The highest BCUT2D eigenvalue weighted by molar-refractivity contribution is 5.75. The molecule has 2 rings (SSSR count). The summed E-state index contributed by atoms with van der Waals surface area (Å²) in [6.45, 7) is 5.33. The minimum atomic E-state index is -1.10. The van der Waals surface area contributed by atoms with E-state index in [0.717, 1.165) is 18.6 Å². The van der Waals surface area contributed by atoms with Gasteiger partial charge in [-0.2, -0.15) is 0 Å². The molecule has 1 aromatic carbocycles. The van der Waals surface area contributed by atoms with Crippen LogP contribution in [0.25, 0.3) is 0 Å². The van der Waals surface area contributed by atoms with Crippen molar-refractivity contribution in [1.29, 1.82) is 0 Å². The summed E-state index contributed by atoms with van der Waals surface area (Å²) in [6.07, 6.45) is 1.04. The zero-order chi connectivity index (χ0) is 14.9. The minimum absolute atomic E-state index is 0.0280. The number of likely N-dealkylation sites (tertiary alicyclic amines) is 1. The van der Waals surface area contributed by atoms with Gasteiger partial charge in [-0.3, -0.25) is 9.69 Å². The Morgan fingerprint density at radius 3 is 2.40 bits per heavy atom. The summed E-state index contributed by atoms with van der Waals surface area (Å²) < 4.78 is 26.9. The smallest absolute Gasteiger partial charge is 0.325 e. The number of carbonyl (C=O) groups is 1. The van der Waals surface area contributed by atoms with Gasteiger partial charge in [0.15, 0.2) is 0 Å². The quantitative estimate of drug-likeness (QED) is 0.926. The van der Waals surface area contributed by atoms with Gasteiger partial charge in [-0.1, -0.05) is 19.9 Å². The van der Waals surface area contributed by atoms with Crippen LogP contribution in [-0.4, -0.2) is 29.1 Å². The molecule has 110 valence electrons. The Morgan fingerprint density at radius 2 is 1.90 bits per heavy atom. The van der Waals surface area contributed by atoms with Crippen LogP contribution in [0.3, 0.4) is 0 Å². The van der Waals surface area contributed by atoms with Crippen molar-refractivity contribution in [3.05, 3.63) is 35.4 Å². The fourth-order valence-corrected chi connectivity index (χ4v) is 3.13. The molecular formula is C15H19F2NO2. The normalized spacial score (nSPS) is 25.4. The molecule has 1 heterocycles. The van der Waals surface area contributed by atoms with E-state index in [1.54, 1.807) is 4.90 Å². The molecule has 0 bridgehead atoms. The van der Waals surface area contributed by atoms with E-state index in [9.17, 15) is 18.7 Å². The summed E-state index contributed by atoms with van der Waals surface area (Å²) in [6, 6.07) is 2.02. The van der Waals surface area contributed by atoms with Crippen LogP contribution in [0.4, 0.5) is 8.78 Å². The molecule has 0 amide bonds. The predicted molar refractivity (Wildman–Crippen MR) is 71.3 cm³/mol. The van der Waals surface area contributed by atoms with Crippen molar-refractivity contribution in [3.63, 3.8) is 0 Å². The van der Waals surface area contributed by atoms with E-state index < -0.39 is 23.6 Å². The Hall–Kier alpha value is -1.49. The average Bonchev–Trinajstić information content (AvgIpc) is 2.30. The molecule has 3 atom stereocenters. The third-order valence-electron chi connectivity index (χ3n) is 3.75. The number of hydrogen-bond donors (Lipinski definition) is 1. The Kier molecular flexibility index (Phi) is 4.38. The molecular weight excluding hydrogens is 264 g/mol. The SMILES string of the molecule is CC1CC(C)CN(C(C(=O)O)c2ccc(F)cc2F)C1. The summed E-state index contributed by atoms with van der Waals surface area (Å²) in [7, 11) is 0. The topological polar surface area (TPSA) is 40.5 Å². The number of piperidine rings is 1. The lowest BCUT2D eigenvalue weighted by molar-refractivity contribution is -0.145. The van der Waals surface area contributed by atoms with E-state index in [1.807, 2.05) is 0 Å². The highest BCUT2D eigenvalue weighted by atomic mass is 19.1. The van der Waals surface area contributed by atoms with Gasteiger partial charge in [0.25, 0.3) is 0 Å². The van der Waals surface area contributed by atoms with Crippen molar-refractivity contribution in [1.82, 2.24) is 4.90 Å². The zero-order valence-corrected chi connectivity index (χ0v) is 11.6. The van der Waals surface area contributed by atoms with Gasteiger partial charge in [0, 0.05) is 24.7 Å². The fourth-order valence-electron chi connectivity index (χ4n) is 3.13. The third kappa shape index (κ3) is 3.15. The Balaban J connectivity index is 2.33. The Bertz CT molecular complexity index is 497. The van der Waals surface area contributed by atoms with Gasteiger partial charge in [0.1, 0.15) is 17.7 Å². The van der Waals surface area contributed by atoms with E-state index in [-0.39, 0.29) is 5.56 Å². The largest absolute Gasteiger partial charge is 0.480 e. The van der Waals surface area contributed by atoms with Crippen LogP contribution in [0.2, 0.25) is 0 Å². The van der Waals surface area contributed by atoms with Gasteiger partial charge < -0.3 is 5.11 Å². The van der Waals surface area contributed by atoms with Gasteiger partial charge in [-0.15, -0.1) is 0 Å². The number of hydrogen-bond acceptors (Lipinski definition) is 2. The highest BCUT2D eigenvalue weighted by Gasteiger charge is 2.34. The second kappa shape index (κ2) is 5.87. The molecule has 1 aliphatic heterocycles. The second-order valence-electron chi connectivity index (χ2n) is 5.81. The van der Waals surface area contributed by atoms with Crippen LogP contribution in [0, 0.1) is 23.5 Å². The molecule has 0 saturated carbocycles. The van der Waals surface area contributed by atoms with Crippen molar-refractivity contribution in [2.45, 2.75) is 26.3 Å². The van der Waals surface area contributed by atoms with Crippen molar-refractivity contribution in [2.75, 3.05) is 13.1 Å². The fraction of sp³-hybridized carbons (Fsp3) is 0.533. The van der Waals surface area contributed by atoms with Crippen LogP contribution in [0.5, 0.6) is 0 Å². The Morgan fingerprint density at radius 1 is 1.30 bits per heavy atom. The molecule has 20 heavy (non-hydrogen) atoms. The second-order valence-corrected chi connectivity index (χ2v) is 5.81. The standard InChI is InChI=1S/C15H19F2NO2/c1-9-5-10(2)8-18(7-9)14(15(19)20)12-4-3-11(16)6-13(12)17/h3-4,6,9-10,14H,5,7-8H2,1-2H3,(H,19,20). The summed E-state index contributed by atoms with van der Waals surface area (Å²) in [5, 5.41) is 9.44. The maximum absolute atomic E-state index is 13.9. The summed E-state index contributed by atoms with van der Waals surface area (Å²) in [5.74, 6) is -1.87. The maximum atomic E-state index is 13.9. The van der Waals surface area contributed by atoms with Crippen molar-refractivity contribution < 1.29 is 18.7 Å². The van der Waals surface area contributed by atoms with E-state index in [2.05, 4.69) is 13.8 Å². The van der Waals surface area contributed by atoms with E-state index >= 15 is 0 Å². The molecule has 1 aliphatic rings. The zero-order valence-electron chi connectivity index (χ0n) is 11.6. The predicted octanol–water partition coefficient (Wildman–Crippen LogP) is 3.07. The first kappa shape index (κ1) is 14.9. The molecule has 1 saturated heterocycles. The van der Waals surface area contributed by atoms with Gasteiger partial charge in [-0.25, -0.2) is 8.78 Å². The van der Waals surface area contributed by atoms with Crippen molar-refractivity contribution in [2.24, 2.45) is 11.8 Å². The Labute approximate surface area is 117 Å². The van der Waals surface area contributed by atoms with Crippen molar-refractivity contribution >= 4 is 5.97 Å². The maximum Gasteiger partial charge on any atom is 0.325 e. The van der Waals surface area contributed by atoms with Crippen LogP contribution < -0.4 is 0 Å². The molecule has 0 radical (unpaired) electrons. The molecule has 3 nitrogen and oxygen atoms in total. The summed E-state index contributed by atoms with van der Waals surface area (Å²) in [5.41, 5.74) is 0.0280.